The van der Waals surface area contributed by atoms with Crippen molar-refractivity contribution < 1.29 is 13.5 Å². The van der Waals surface area contributed by atoms with Gasteiger partial charge in [0, 0.05) is 17.8 Å². The number of halogens is 2. The highest BCUT2D eigenvalue weighted by Crippen LogP contribution is 2.35. The third-order valence-corrected chi connectivity index (χ3v) is 5.52. The first-order valence-corrected chi connectivity index (χ1v) is 9.41. The molecule has 146 valence electrons. The Hall–Kier alpha value is -2.73. The molecule has 28 heavy (non-hydrogen) atoms. The molecule has 0 amide bonds. The normalized spacial score (nSPS) is 17.4. The van der Waals surface area contributed by atoms with Crippen molar-refractivity contribution in [1.82, 2.24) is 10.3 Å². The van der Waals surface area contributed by atoms with E-state index in [4.69, 9.17) is 4.74 Å². The van der Waals surface area contributed by atoms with Crippen LogP contribution in [-0.4, -0.2) is 12.1 Å². The van der Waals surface area contributed by atoms with Crippen molar-refractivity contribution in [3.63, 3.8) is 0 Å². The third kappa shape index (κ3) is 3.29. The van der Waals surface area contributed by atoms with Gasteiger partial charge in [-0.25, -0.2) is 8.78 Å². The lowest BCUT2D eigenvalue weighted by atomic mass is 9.87. The minimum atomic E-state index is -1.01. The minimum absolute atomic E-state index is 0.0362. The number of benzene rings is 2. The molecule has 0 spiro atoms. The summed E-state index contributed by atoms with van der Waals surface area (Å²) >= 11 is 0. The molecule has 1 aromatic heterocycles. The number of fused-ring (bicyclic) bond motifs is 3. The summed E-state index contributed by atoms with van der Waals surface area (Å²) in [6, 6.07) is 9.93. The number of aromatic amines is 1. The van der Waals surface area contributed by atoms with Gasteiger partial charge in [0.15, 0.2) is 11.6 Å². The van der Waals surface area contributed by atoms with E-state index in [-0.39, 0.29) is 23.0 Å². The van der Waals surface area contributed by atoms with Crippen LogP contribution in [0, 0.1) is 11.6 Å². The molecule has 2 aromatic carbocycles. The van der Waals surface area contributed by atoms with Crippen LogP contribution >= 0.6 is 0 Å². The fourth-order valence-electron chi connectivity index (χ4n) is 4.07. The first-order chi connectivity index (χ1) is 13.5. The van der Waals surface area contributed by atoms with Gasteiger partial charge in [-0.15, -0.1) is 0 Å². The maximum Gasteiger partial charge on any atom is 0.256 e. The molecule has 3 aromatic rings. The van der Waals surface area contributed by atoms with Gasteiger partial charge in [0.25, 0.3) is 5.56 Å². The van der Waals surface area contributed by atoms with Crippen molar-refractivity contribution in [3.8, 4) is 5.75 Å². The molecule has 0 aliphatic heterocycles. The van der Waals surface area contributed by atoms with Crippen molar-refractivity contribution in [3.05, 3.63) is 75.2 Å². The summed E-state index contributed by atoms with van der Waals surface area (Å²) in [5.74, 6) is -1.15. The number of nitrogens with one attached hydrogen (secondary N) is 2. The van der Waals surface area contributed by atoms with E-state index in [1.165, 1.54) is 0 Å². The van der Waals surface area contributed by atoms with Crippen molar-refractivity contribution in [2.45, 2.75) is 38.3 Å². The van der Waals surface area contributed by atoms with E-state index in [0.717, 1.165) is 47.5 Å². The Kier molecular flexibility index (Phi) is 4.89. The molecule has 2 N–H and O–H groups in total. The molecule has 0 saturated carbocycles. The molecule has 1 heterocycles. The highest BCUT2D eigenvalue weighted by Gasteiger charge is 2.26. The standard InChI is InChI=1S/C22H22F2N2O2/c1-12(13-6-8-14(28-2)9-7-13)25-19-4-3-5-20-21(19)15-10-17(23)18(24)11-16(15)22(27)26-20/h6-12,19,25H,3-5H2,1-2H3,(H,26,27)/t12-,19?/m1/s1. The summed E-state index contributed by atoms with van der Waals surface area (Å²) in [7, 11) is 1.63. The summed E-state index contributed by atoms with van der Waals surface area (Å²) in [6.45, 7) is 2.06. The SMILES string of the molecule is COc1ccc([C@@H](C)NC2CCCc3[nH]c(=O)c4cc(F)c(F)cc4c32)cc1. The van der Waals surface area contributed by atoms with Gasteiger partial charge in [0.2, 0.25) is 0 Å². The maximum atomic E-state index is 14.0. The molecular formula is C22H22F2N2O2. The molecule has 2 atom stereocenters. The van der Waals surface area contributed by atoms with E-state index < -0.39 is 11.6 Å². The number of hydrogen-bond acceptors (Lipinski definition) is 3. The van der Waals surface area contributed by atoms with Crippen molar-refractivity contribution >= 4 is 10.8 Å². The lowest BCUT2D eigenvalue weighted by Gasteiger charge is -2.30. The molecule has 0 radical (unpaired) electrons. The van der Waals surface area contributed by atoms with Crippen LogP contribution in [-0.2, 0) is 6.42 Å². The van der Waals surface area contributed by atoms with Gasteiger partial charge in [-0.2, -0.15) is 0 Å². The van der Waals surface area contributed by atoms with Crippen LogP contribution in [0.15, 0.2) is 41.2 Å². The summed E-state index contributed by atoms with van der Waals surface area (Å²) in [4.78, 5) is 15.2. The molecule has 4 nitrogen and oxygen atoms in total. The smallest absolute Gasteiger partial charge is 0.256 e. The zero-order valence-corrected chi connectivity index (χ0v) is 15.8. The number of aromatic nitrogens is 1. The molecule has 0 fully saturated rings. The Balaban J connectivity index is 1.74. The van der Waals surface area contributed by atoms with E-state index in [0.29, 0.717) is 11.8 Å². The topological polar surface area (TPSA) is 54.1 Å². The molecule has 0 saturated heterocycles. The van der Waals surface area contributed by atoms with Gasteiger partial charge in [-0.1, -0.05) is 12.1 Å². The number of methoxy groups -OCH3 is 1. The van der Waals surface area contributed by atoms with Crippen LogP contribution in [0.3, 0.4) is 0 Å². The second-order valence-corrected chi connectivity index (χ2v) is 7.26. The van der Waals surface area contributed by atoms with E-state index >= 15 is 0 Å². The van der Waals surface area contributed by atoms with E-state index in [9.17, 15) is 13.6 Å². The highest BCUT2D eigenvalue weighted by atomic mass is 19.2. The summed E-state index contributed by atoms with van der Waals surface area (Å²) < 4.78 is 32.9. The molecule has 4 rings (SSSR count). The number of pyridine rings is 1. The maximum absolute atomic E-state index is 14.0. The fourth-order valence-corrected chi connectivity index (χ4v) is 4.07. The number of rotatable bonds is 4. The average molecular weight is 384 g/mol. The van der Waals surface area contributed by atoms with Gasteiger partial charge in [0.05, 0.1) is 12.5 Å². The number of aryl methyl sites for hydroxylation is 1. The van der Waals surface area contributed by atoms with Crippen molar-refractivity contribution in [2.75, 3.05) is 7.11 Å². The Labute approximate surface area is 161 Å². The van der Waals surface area contributed by atoms with Crippen molar-refractivity contribution in [2.24, 2.45) is 0 Å². The first kappa shape index (κ1) is 18.6. The summed E-state index contributed by atoms with van der Waals surface area (Å²) in [5, 5.41) is 4.26. The molecule has 1 unspecified atom stereocenters. The Bertz CT molecular complexity index is 1080. The third-order valence-electron chi connectivity index (χ3n) is 5.52. The zero-order valence-electron chi connectivity index (χ0n) is 15.8. The molecule has 1 aliphatic rings. The van der Waals surface area contributed by atoms with E-state index in [1.54, 1.807) is 7.11 Å². The largest absolute Gasteiger partial charge is 0.497 e. The van der Waals surface area contributed by atoms with Gasteiger partial charge < -0.3 is 15.0 Å². The lowest BCUT2D eigenvalue weighted by molar-refractivity contribution is 0.408. The Morgan fingerprint density at radius 1 is 1.14 bits per heavy atom. The van der Waals surface area contributed by atoms with Crippen LogP contribution in [0.5, 0.6) is 5.75 Å². The van der Waals surface area contributed by atoms with Crippen molar-refractivity contribution in [1.29, 1.82) is 0 Å². The number of H-pyrrole nitrogens is 1. The van der Waals surface area contributed by atoms with E-state index in [1.807, 2.05) is 24.3 Å². The van der Waals surface area contributed by atoms with Crippen LogP contribution in [0.1, 0.15) is 48.7 Å². The molecule has 6 heteroatoms. The lowest BCUT2D eigenvalue weighted by Crippen LogP contribution is -2.30. The quantitative estimate of drug-likeness (QED) is 0.694. The second kappa shape index (κ2) is 7.36. The monoisotopic (exact) mass is 384 g/mol. The van der Waals surface area contributed by atoms with Crippen LogP contribution in [0.2, 0.25) is 0 Å². The molecule has 0 bridgehead atoms. The predicted octanol–water partition coefficient (Wildman–Crippen LogP) is 4.54. The van der Waals surface area contributed by atoms with E-state index in [2.05, 4.69) is 17.2 Å². The zero-order chi connectivity index (χ0) is 19.8. The highest BCUT2D eigenvalue weighted by molar-refractivity contribution is 5.86. The fraction of sp³-hybridized carbons (Fsp3) is 0.318. The van der Waals surface area contributed by atoms with Crippen LogP contribution < -0.4 is 15.6 Å². The van der Waals surface area contributed by atoms with Crippen LogP contribution in [0.4, 0.5) is 8.78 Å². The Morgan fingerprint density at radius 3 is 2.50 bits per heavy atom. The summed E-state index contributed by atoms with van der Waals surface area (Å²) in [5.41, 5.74) is 2.38. The first-order valence-electron chi connectivity index (χ1n) is 9.41. The second-order valence-electron chi connectivity index (χ2n) is 7.26. The summed E-state index contributed by atoms with van der Waals surface area (Å²) in [6.07, 6.45) is 2.48. The molecule has 1 aliphatic carbocycles. The average Bonchev–Trinajstić information content (AvgIpc) is 2.69. The van der Waals surface area contributed by atoms with Gasteiger partial charge in [0.1, 0.15) is 5.75 Å². The Morgan fingerprint density at radius 2 is 1.82 bits per heavy atom. The van der Waals surface area contributed by atoms with Gasteiger partial charge >= 0.3 is 0 Å². The minimum Gasteiger partial charge on any atom is -0.497 e. The van der Waals surface area contributed by atoms with Gasteiger partial charge in [-0.3, -0.25) is 4.79 Å². The number of ether oxygens (including phenoxy) is 1. The number of hydrogen-bond donors (Lipinski definition) is 2. The predicted molar refractivity (Wildman–Crippen MR) is 105 cm³/mol. The van der Waals surface area contributed by atoms with Gasteiger partial charge in [-0.05, 0) is 67.0 Å². The molecular weight excluding hydrogens is 362 g/mol. The van der Waals surface area contributed by atoms with Crippen LogP contribution in [0.25, 0.3) is 10.8 Å².